The van der Waals surface area contributed by atoms with Gasteiger partial charge in [-0.25, -0.2) is 8.42 Å². The van der Waals surface area contributed by atoms with Crippen LogP contribution in [-0.4, -0.2) is 19.1 Å². The van der Waals surface area contributed by atoms with Gasteiger partial charge in [-0.05, 0) is 110 Å². The molecule has 0 saturated heterocycles. The van der Waals surface area contributed by atoms with Crippen LogP contribution in [0, 0.1) is 52.3 Å². The first kappa shape index (κ1) is 30.8. The molecular formula is C29H49KO4S. The summed E-state index contributed by atoms with van der Waals surface area (Å²) in [7, 11) is -4.63. The second-order valence-electron chi connectivity index (χ2n) is 13.3. The molecule has 3 fully saturated rings. The van der Waals surface area contributed by atoms with E-state index in [0.29, 0.717) is 24.2 Å². The largest absolute Gasteiger partial charge is 1.00 e. The van der Waals surface area contributed by atoms with E-state index in [9.17, 15) is 13.0 Å². The molecule has 0 radical (unpaired) electrons. The number of allylic oxidation sites excluding steroid dienone is 1. The fraction of sp³-hybridized carbons (Fsp3) is 0.931. The van der Waals surface area contributed by atoms with Crippen molar-refractivity contribution in [1.82, 2.24) is 0 Å². The molecule has 6 heteroatoms. The van der Waals surface area contributed by atoms with E-state index < -0.39 is 16.5 Å². The van der Waals surface area contributed by atoms with E-state index in [0.717, 1.165) is 48.3 Å². The van der Waals surface area contributed by atoms with Crippen molar-refractivity contribution in [2.75, 3.05) is 0 Å². The van der Waals surface area contributed by atoms with E-state index in [2.05, 4.69) is 47.6 Å². The van der Waals surface area contributed by atoms with E-state index >= 15 is 0 Å². The summed E-state index contributed by atoms with van der Waals surface area (Å²) < 4.78 is 38.3. The SMILES string of the molecule is CC[C@H](CC[C@@H](C)[C@H]1CC[C@H]2[C@@H]3CC=C4C[C@@H](OS(=O)(=O)[O-])CC[C@]4(C)[C@H]3CC[C@]12C)C(C)C.[K+]. The minimum Gasteiger partial charge on any atom is -0.726 e. The Hall–Kier alpha value is 1.25. The molecule has 0 aliphatic heterocycles. The fourth-order valence-electron chi connectivity index (χ4n) is 9.54. The van der Waals surface area contributed by atoms with Gasteiger partial charge in [0.1, 0.15) is 0 Å². The average Bonchev–Trinajstić information content (AvgIpc) is 3.10. The van der Waals surface area contributed by atoms with Crippen molar-refractivity contribution in [3.8, 4) is 0 Å². The molecule has 0 aromatic carbocycles. The van der Waals surface area contributed by atoms with Gasteiger partial charge >= 0.3 is 51.4 Å². The fourth-order valence-corrected chi connectivity index (χ4v) is 10.0. The van der Waals surface area contributed by atoms with Crippen LogP contribution in [0.5, 0.6) is 0 Å². The minimum atomic E-state index is -4.63. The maximum Gasteiger partial charge on any atom is 1.00 e. The second kappa shape index (κ2) is 11.8. The summed E-state index contributed by atoms with van der Waals surface area (Å²) in [4.78, 5) is 0. The van der Waals surface area contributed by atoms with Crippen LogP contribution in [0.3, 0.4) is 0 Å². The van der Waals surface area contributed by atoms with Gasteiger partial charge in [-0.3, -0.25) is 4.18 Å². The van der Waals surface area contributed by atoms with E-state index in [1.54, 1.807) is 0 Å². The first-order valence-electron chi connectivity index (χ1n) is 14.2. The zero-order valence-electron chi connectivity index (χ0n) is 23.5. The normalized spacial score (nSPS) is 40.7. The molecule has 0 bridgehead atoms. The van der Waals surface area contributed by atoms with Crippen LogP contribution in [-0.2, 0) is 14.6 Å². The van der Waals surface area contributed by atoms with Gasteiger partial charge in [-0.1, -0.05) is 66.0 Å². The third-order valence-corrected chi connectivity index (χ3v) is 12.0. The van der Waals surface area contributed by atoms with E-state index in [4.69, 9.17) is 4.18 Å². The molecule has 4 rings (SSSR count). The summed E-state index contributed by atoms with van der Waals surface area (Å²) >= 11 is 0. The Kier molecular flexibility index (Phi) is 10.4. The number of hydrogen-bond donors (Lipinski definition) is 0. The van der Waals surface area contributed by atoms with Crippen molar-refractivity contribution >= 4 is 10.4 Å². The number of rotatable bonds is 8. The Morgan fingerprint density at radius 1 is 1.06 bits per heavy atom. The van der Waals surface area contributed by atoms with Crippen LogP contribution in [0.4, 0.5) is 0 Å². The standard InChI is InChI=1S/C29H50O4S.K/c1-7-21(19(2)3)9-8-20(4)25-12-13-26-24-11-10-22-18-23(33-34(30,31)32)14-16-28(22,5)27(24)15-17-29(25,26)6;/h10,19-21,23-27H,7-9,11-18H2,1-6H3,(H,30,31,32);/q;+1/p-1/t20-,21-,23+,24+,25-,26+,27+,28+,29-;/m1./s1. The van der Waals surface area contributed by atoms with Gasteiger partial charge in [0, 0.05) is 0 Å². The van der Waals surface area contributed by atoms with E-state index in [1.807, 2.05) is 0 Å². The molecule has 196 valence electrons. The quantitative estimate of drug-likeness (QED) is 0.200. The Morgan fingerprint density at radius 3 is 2.40 bits per heavy atom. The Balaban J connectivity index is 0.00000342. The van der Waals surface area contributed by atoms with Crippen LogP contribution in [0.15, 0.2) is 11.6 Å². The summed E-state index contributed by atoms with van der Waals surface area (Å²) in [5.74, 6) is 5.58. The van der Waals surface area contributed by atoms with Gasteiger partial charge in [0.05, 0.1) is 6.10 Å². The molecule has 3 saturated carbocycles. The number of hydrogen-bond acceptors (Lipinski definition) is 4. The molecule has 0 aromatic rings. The predicted molar refractivity (Wildman–Crippen MR) is 137 cm³/mol. The second-order valence-corrected chi connectivity index (χ2v) is 14.3. The van der Waals surface area contributed by atoms with Crippen LogP contribution in [0.25, 0.3) is 0 Å². The molecule has 9 atom stereocenters. The Morgan fingerprint density at radius 2 is 1.77 bits per heavy atom. The summed E-state index contributed by atoms with van der Waals surface area (Å²) in [5.41, 5.74) is 1.98. The third-order valence-electron chi connectivity index (χ3n) is 11.5. The van der Waals surface area contributed by atoms with Crippen molar-refractivity contribution < 1.29 is 68.5 Å². The van der Waals surface area contributed by atoms with Gasteiger partial charge in [0.15, 0.2) is 0 Å². The van der Waals surface area contributed by atoms with Gasteiger partial charge in [0.2, 0.25) is 10.4 Å². The first-order valence-corrected chi connectivity index (χ1v) is 15.6. The topological polar surface area (TPSA) is 66.4 Å². The molecular weight excluding hydrogens is 483 g/mol. The van der Waals surface area contributed by atoms with Crippen LogP contribution < -0.4 is 51.4 Å². The van der Waals surface area contributed by atoms with Crippen molar-refractivity contribution in [1.29, 1.82) is 0 Å². The van der Waals surface area contributed by atoms with Crippen molar-refractivity contribution in [2.45, 2.75) is 118 Å². The van der Waals surface area contributed by atoms with E-state index in [1.165, 1.54) is 50.5 Å². The van der Waals surface area contributed by atoms with Gasteiger partial charge < -0.3 is 4.55 Å². The summed E-state index contributed by atoms with van der Waals surface area (Å²) in [6.45, 7) is 14.7. The molecule has 0 unspecified atom stereocenters. The summed E-state index contributed by atoms with van der Waals surface area (Å²) in [6.07, 6.45) is 14.8. The first-order chi connectivity index (χ1) is 15.9. The van der Waals surface area contributed by atoms with Crippen LogP contribution in [0.1, 0.15) is 112 Å². The van der Waals surface area contributed by atoms with Crippen molar-refractivity contribution in [3.05, 3.63) is 11.6 Å². The van der Waals surface area contributed by atoms with Gasteiger partial charge in [0.25, 0.3) is 0 Å². The van der Waals surface area contributed by atoms with Crippen molar-refractivity contribution in [2.24, 2.45) is 52.3 Å². The van der Waals surface area contributed by atoms with Crippen LogP contribution >= 0.6 is 0 Å². The molecule has 4 aliphatic carbocycles. The molecule has 0 aromatic heterocycles. The summed E-state index contributed by atoms with van der Waals surface area (Å²) in [6, 6.07) is 0. The molecule has 4 aliphatic rings. The summed E-state index contributed by atoms with van der Waals surface area (Å²) in [5, 5.41) is 0. The predicted octanol–water partition coefficient (Wildman–Crippen LogP) is 4.51. The molecule has 0 N–H and O–H groups in total. The molecule has 0 spiro atoms. The van der Waals surface area contributed by atoms with Gasteiger partial charge in [-0.15, -0.1) is 0 Å². The number of fused-ring (bicyclic) bond motifs is 5. The third kappa shape index (κ3) is 6.20. The van der Waals surface area contributed by atoms with E-state index in [-0.39, 0.29) is 56.8 Å². The zero-order chi connectivity index (χ0) is 24.9. The average molecular weight is 533 g/mol. The zero-order valence-corrected chi connectivity index (χ0v) is 27.5. The smallest absolute Gasteiger partial charge is 0.726 e. The maximum absolute atomic E-state index is 11.2. The maximum atomic E-state index is 11.2. The monoisotopic (exact) mass is 532 g/mol. The van der Waals surface area contributed by atoms with Crippen molar-refractivity contribution in [3.63, 3.8) is 0 Å². The minimum absolute atomic E-state index is 0. The Bertz CT molecular complexity index is 870. The molecule has 4 nitrogen and oxygen atoms in total. The van der Waals surface area contributed by atoms with Crippen LogP contribution in [0.2, 0.25) is 0 Å². The molecule has 0 amide bonds. The molecule has 0 heterocycles. The molecule has 35 heavy (non-hydrogen) atoms. The Labute approximate surface area is 258 Å². The van der Waals surface area contributed by atoms with Gasteiger partial charge in [-0.2, -0.15) is 0 Å².